The van der Waals surface area contributed by atoms with E-state index in [9.17, 15) is 4.21 Å². The van der Waals surface area contributed by atoms with Gasteiger partial charge < -0.3 is 0 Å². The standard InChI is InChI=1S/C14H11NO2S/c16-18(17)15-14-10-8-13(9-11-14)7-6-12-4-2-1-3-5-12/h1-5,8-11,15H,(H,16,17). The van der Waals surface area contributed by atoms with E-state index in [1.807, 2.05) is 30.3 Å². The summed E-state index contributed by atoms with van der Waals surface area (Å²) < 4.78 is 21.6. The Morgan fingerprint density at radius 3 is 2.00 bits per heavy atom. The van der Waals surface area contributed by atoms with Gasteiger partial charge in [0.2, 0.25) is 0 Å². The van der Waals surface area contributed by atoms with Gasteiger partial charge in [-0.1, -0.05) is 30.0 Å². The lowest BCUT2D eigenvalue weighted by molar-refractivity contribution is 0.570. The molecule has 2 rings (SSSR count). The minimum absolute atomic E-state index is 0.584. The molecule has 0 saturated carbocycles. The first kappa shape index (κ1) is 12.4. The lowest BCUT2D eigenvalue weighted by Crippen LogP contribution is -2.01. The molecule has 0 aliphatic rings. The van der Waals surface area contributed by atoms with Crippen molar-refractivity contribution >= 4 is 17.0 Å². The molecule has 2 aromatic carbocycles. The molecule has 0 amide bonds. The van der Waals surface area contributed by atoms with Gasteiger partial charge in [-0.15, -0.1) is 0 Å². The van der Waals surface area contributed by atoms with Gasteiger partial charge in [0.1, 0.15) is 0 Å². The Morgan fingerprint density at radius 2 is 1.44 bits per heavy atom. The molecule has 0 aliphatic carbocycles. The van der Waals surface area contributed by atoms with E-state index in [0.717, 1.165) is 11.1 Å². The van der Waals surface area contributed by atoms with E-state index >= 15 is 0 Å². The highest BCUT2D eigenvalue weighted by atomic mass is 32.2. The molecule has 0 radical (unpaired) electrons. The Labute approximate surface area is 108 Å². The number of benzene rings is 2. The maximum atomic E-state index is 10.5. The number of anilines is 1. The molecule has 4 heteroatoms. The van der Waals surface area contributed by atoms with Gasteiger partial charge in [0.25, 0.3) is 11.3 Å². The summed E-state index contributed by atoms with van der Waals surface area (Å²) in [5.74, 6) is 6.07. The molecule has 0 aromatic heterocycles. The second-order valence-electron chi connectivity index (χ2n) is 3.54. The van der Waals surface area contributed by atoms with E-state index in [4.69, 9.17) is 4.55 Å². The third-order valence-electron chi connectivity index (χ3n) is 2.22. The first-order valence-corrected chi connectivity index (χ1v) is 6.39. The van der Waals surface area contributed by atoms with Crippen LogP contribution in [0.15, 0.2) is 54.6 Å². The minimum atomic E-state index is -2.04. The molecule has 2 N–H and O–H groups in total. The monoisotopic (exact) mass is 257 g/mol. The van der Waals surface area contributed by atoms with Gasteiger partial charge in [-0.05, 0) is 36.4 Å². The number of hydrogen-bond acceptors (Lipinski definition) is 1. The Hall–Kier alpha value is -2.09. The Kier molecular flexibility index (Phi) is 4.13. The maximum absolute atomic E-state index is 10.5. The highest BCUT2D eigenvalue weighted by Gasteiger charge is 1.94. The average Bonchev–Trinajstić information content (AvgIpc) is 2.38. The van der Waals surface area contributed by atoms with Crippen LogP contribution >= 0.6 is 0 Å². The van der Waals surface area contributed by atoms with E-state index in [1.54, 1.807) is 24.3 Å². The number of nitrogens with one attached hydrogen (secondary N) is 1. The van der Waals surface area contributed by atoms with Gasteiger partial charge in [0, 0.05) is 16.8 Å². The quantitative estimate of drug-likeness (QED) is 0.642. The smallest absolute Gasteiger partial charge is 0.259 e. The summed E-state index contributed by atoms with van der Waals surface area (Å²) in [6, 6.07) is 16.7. The topological polar surface area (TPSA) is 49.3 Å². The van der Waals surface area contributed by atoms with Crippen LogP contribution in [0.1, 0.15) is 11.1 Å². The Morgan fingerprint density at radius 1 is 0.889 bits per heavy atom. The second kappa shape index (κ2) is 6.01. The highest BCUT2D eigenvalue weighted by Crippen LogP contribution is 2.09. The second-order valence-corrected chi connectivity index (χ2v) is 4.25. The van der Waals surface area contributed by atoms with Gasteiger partial charge in [-0.25, -0.2) is 4.21 Å². The van der Waals surface area contributed by atoms with Crippen LogP contribution < -0.4 is 4.72 Å². The minimum Gasteiger partial charge on any atom is -0.289 e. The molecule has 18 heavy (non-hydrogen) atoms. The largest absolute Gasteiger partial charge is 0.289 e. The van der Waals surface area contributed by atoms with Crippen molar-refractivity contribution in [2.75, 3.05) is 4.72 Å². The van der Waals surface area contributed by atoms with Crippen LogP contribution in [0.4, 0.5) is 5.69 Å². The lowest BCUT2D eigenvalue weighted by Gasteiger charge is -1.99. The molecule has 90 valence electrons. The molecule has 1 unspecified atom stereocenters. The number of hydrogen-bond donors (Lipinski definition) is 2. The first-order valence-electron chi connectivity index (χ1n) is 5.29. The summed E-state index contributed by atoms with van der Waals surface area (Å²) in [7, 11) is 0. The van der Waals surface area contributed by atoms with Gasteiger partial charge in [-0.3, -0.25) is 9.27 Å². The summed E-state index contributed by atoms with van der Waals surface area (Å²) in [5, 5.41) is 0. The highest BCUT2D eigenvalue weighted by molar-refractivity contribution is 7.80. The summed E-state index contributed by atoms with van der Waals surface area (Å²) >= 11 is -2.04. The van der Waals surface area contributed by atoms with Crippen LogP contribution in [-0.4, -0.2) is 8.76 Å². The molecular weight excluding hydrogens is 246 g/mol. The molecule has 1 atom stereocenters. The zero-order valence-corrected chi connectivity index (χ0v) is 10.3. The van der Waals surface area contributed by atoms with E-state index < -0.39 is 11.3 Å². The van der Waals surface area contributed by atoms with E-state index in [2.05, 4.69) is 16.6 Å². The fourth-order valence-corrected chi connectivity index (χ4v) is 1.73. The molecule has 0 spiro atoms. The van der Waals surface area contributed by atoms with Crippen molar-refractivity contribution < 1.29 is 8.76 Å². The fraction of sp³-hybridized carbons (Fsp3) is 0. The van der Waals surface area contributed by atoms with Crippen molar-refractivity contribution in [3.63, 3.8) is 0 Å². The molecule has 0 fully saturated rings. The lowest BCUT2D eigenvalue weighted by atomic mass is 10.2. The van der Waals surface area contributed by atoms with E-state index in [0.29, 0.717) is 5.69 Å². The molecule has 0 saturated heterocycles. The summed E-state index contributed by atoms with van der Waals surface area (Å²) in [6.07, 6.45) is 0. The van der Waals surface area contributed by atoms with Crippen LogP contribution in [0.5, 0.6) is 0 Å². The number of rotatable bonds is 2. The van der Waals surface area contributed by atoms with Gasteiger partial charge in [-0.2, -0.15) is 0 Å². The maximum Gasteiger partial charge on any atom is 0.259 e. The van der Waals surface area contributed by atoms with E-state index in [1.165, 1.54) is 0 Å². The predicted octanol–water partition coefficient (Wildman–Crippen LogP) is 2.64. The van der Waals surface area contributed by atoms with Gasteiger partial charge in [0.05, 0.1) is 0 Å². The van der Waals surface area contributed by atoms with Crippen molar-refractivity contribution in [3.8, 4) is 11.8 Å². The SMILES string of the molecule is O=S(O)Nc1ccc(C#Cc2ccccc2)cc1. The molecular formula is C14H11NO2S. The van der Waals surface area contributed by atoms with Crippen molar-refractivity contribution in [3.05, 3.63) is 65.7 Å². The zero-order chi connectivity index (χ0) is 12.8. The summed E-state index contributed by atoms with van der Waals surface area (Å²) in [5.41, 5.74) is 2.39. The first-order chi connectivity index (χ1) is 8.74. The molecule has 0 heterocycles. The van der Waals surface area contributed by atoms with Crippen LogP contribution in [-0.2, 0) is 11.3 Å². The normalized spacial score (nSPS) is 11.2. The molecule has 0 aliphatic heterocycles. The zero-order valence-electron chi connectivity index (χ0n) is 9.46. The summed E-state index contributed by atoms with van der Waals surface area (Å²) in [6.45, 7) is 0. The summed E-state index contributed by atoms with van der Waals surface area (Å²) in [4.78, 5) is 0. The third kappa shape index (κ3) is 3.74. The van der Waals surface area contributed by atoms with Crippen LogP contribution in [0.25, 0.3) is 0 Å². The van der Waals surface area contributed by atoms with E-state index in [-0.39, 0.29) is 0 Å². The predicted molar refractivity (Wildman–Crippen MR) is 73.3 cm³/mol. The average molecular weight is 257 g/mol. The Bertz CT molecular complexity index is 597. The fourth-order valence-electron chi connectivity index (χ4n) is 1.39. The van der Waals surface area contributed by atoms with Crippen LogP contribution in [0, 0.1) is 11.8 Å². The van der Waals surface area contributed by atoms with Crippen molar-refractivity contribution in [1.29, 1.82) is 0 Å². The molecule has 0 bridgehead atoms. The molecule has 3 nitrogen and oxygen atoms in total. The Balaban J connectivity index is 2.12. The third-order valence-corrected chi connectivity index (χ3v) is 2.63. The van der Waals surface area contributed by atoms with Crippen LogP contribution in [0.3, 0.4) is 0 Å². The van der Waals surface area contributed by atoms with Gasteiger partial charge in [0.15, 0.2) is 0 Å². The molecule has 2 aromatic rings. The van der Waals surface area contributed by atoms with Crippen molar-refractivity contribution in [1.82, 2.24) is 0 Å². The van der Waals surface area contributed by atoms with Crippen molar-refractivity contribution in [2.45, 2.75) is 0 Å². The van der Waals surface area contributed by atoms with Crippen molar-refractivity contribution in [2.24, 2.45) is 0 Å². The van der Waals surface area contributed by atoms with Crippen LogP contribution in [0.2, 0.25) is 0 Å². The van der Waals surface area contributed by atoms with Gasteiger partial charge >= 0.3 is 0 Å².